The Hall–Kier alpha value is -2.22. The average Bonchev–Trinajstić information content (AvgIpc) is 2.32. The smallest absolute Gasteiger partial charge is 0.335 e. The molecule has 1 N–H and O–H groups in total. The summed E-state index contributed by atoms with van der Waals surface area (Å²) in [6.07, 6.45) is 0.354. The Morgan fingerprint density at radius 1 is 1.71 bits per heavy atom. The Kier molecular flexibility index (Phi) is 2.88. The second-order valence-electron chi connectivity index (χ2n) is 3.93. The van der Waals surface area contributed by atoms with Gasteiger partial charge in [0, 0.05) is 7.05 Å². The molecule has 0 radical (unpaired) electrons. The van der Waals surface area contributed by atoms with Crippen molar-refractivity contribution >= 4 is 11.7 Å². The summed E-state index contributed by atoms with van der Waals surface area (Å²) in [4.78, 5) is 12.8. The van der Waals surface area contributed by atoms with Crippen molar-refractivity contribution in [3.63, 3.8) is 0 Å². The van der Waals surface area contributed by atoms with Gasteiger partial charge < -0.3 is 14.7 Å². The summed E-state index contributed by atoms with van der Waals surface area (Å²) >= 11 is 0. The highest BCUT2D eigenvalue weighted by atomic mass is 16.5. The van der Waals surface area contributed by atoms with E-state index in [1.54, 1.807) is 12.1 Å². The molecule has 0 spiro atoms. The monoisotopic (exact) mass is 232 g/mol. The van der Waals surface area contributed by atoms with E-state index in [9.17, 15) is 4.79 Å². The van der Waals surface area contributed by atoms with Crippen LogP contribution in [0.25, 0.3) is 0 Å². The van der Waals surface area contributed by atoms with E-state index in [1.807, 2.05) is 11.9 Å². The van der Waals surface area contributed by atoms with Crippen LogP contribution in [0, 0.1) is 11.3 Å². The molecule has 0 aromatic heterocycles. The maximum atomic E-state index is 10.9. The maximum absolute atomic E-state index is 10.9. The molecule has 1 aromatic carbocycles. The SMILES string of the molecule is CN1c2cc(C(=O)O)ccc2OCC1CC#N. The van der Waals surface area contributed by atoms with Crippen molar-refractivity contribution in [1.29, 1.82) is 5.26 Å². The van der Waals surface area contributed by atoms with Gasteiger partial charge in [-0.15, -0.1) is 0 Å². The van der Waals surface area contributed by atoms with Gasteiger partial charge in [-0.1, -0.05) is 0 Å². The van der Waals surface area contributed by atoms with Gasteiger partial charge in [-0.2, -0.15) is 5.26 Å². The third-order valence-corrected chi connectivity index (χ3v) is 2.89. The summed E-state index contributed by atoms with van der Waals surface area (Å²) in [6, 6.07) is 6.80. The zero-order chi connectivity index (χ0) is 12.4. The largest absolute Gasteiger partial charge is 0.489 e. The van der Waals surface area contributed by atoms with Crippen LogP contribution in [0.15, 0.2) is 18.2 Å². The molecule has 17 heavy (non-hydrogen) atoms. The molecule has 0 aliphatic carbocycles. The number of carbonyl (C=O) groups is 1. The lowest BCUT2D eigenvalue weighted by atomic mass is 10.1. The zero-order valence-electron chi connectivity index (χ0n) is 9.38. The van der Waals surface area contributed by atoms with Gasteiger partial charge in [0.05, 0.1) is 29.8 Å². The van der Waals surface area contributed by atoms with Crippen molar-refractivity contribution in [2.45, 2.75) is 12.5 Å². The molecule has 5 nitrogen and oxygen atoms in total. The Morgan fingerprint density at radius 3 is 3.12 bits per heavy atom. The quantitative estimate of drug-likeness (QED) is 0.836. The predicted molar refractivity (Wildman–Crippen MR) is 61.3 cm³/mol. The number of ether oxygens (including phenoxy) is 1. The molecule has 0 fully saturated rings. The van der Waals surface area contributed by atoms with Gasteiger partial charge in [-0.05, 0) is 18.2 Å². The third-order valence-electron chi connectivity index (χ3n) is 2.89. The zero-order valence-corrected chi connectivity index (χ0v) is 9.38. The topological polar surface area (TPSA) is 73.6 Å². The first kappa shape index (κ1) is 11.3. The van der Waals surface area contributed by atoms with E-state index >= 15 is 0 Å². The fraction of sp³-hybridized carbons (Fsp3) is 0.333. The predicted octanol–water partition coefficient (Wildman–Crippen LogP) is 1.50. The lowest BCUT2D eigenvalue weighted by molar-refractivity contribution is 0.0697. The minimum atomic E-state index is -0.969. The number of likely N-dealkylation sites (N-methyl/N-ethyl adjacent to an activating group) is 1. The van der Waals surface area contributed by atoms with E-state index < -0.39 is 5.97 Å². The lowest BCUT2D eigenvalue weighted by Gasteiger charge is -2.34. The van der Waals surface area contributed by atoms with Crippen molar-refractivity contribution in [1.82, 2.24) is 0 Å². The molecule has 2 rings (SSSR count). The molecule has 0 amide bonds. The Morgan fingerprint density at radius 2 is 2.47 bits per heavy atom. The van der Waals surface area contributed by atoms with Crippen LogP contribution in [0.4, 0.5) is 5.69 Å². The molecule has 1 unspecified atom stereocenters. The Labute approximate surface area is 98.8 Å². The summed E-state index contributed by atoms with van der Waals surface area (Å²) in [6.45, 7) is 0.448. The second-order valence-corrected chi connectivity index (χ2v) is 3.93. The van der Waals surface area contributed by atoms with Gasteiger partial charge in [0.25, 0.3) is 0 Å². The van der Waals surface area contributed by atoms with Crippen LogP contribution in [0.2, 0.25) is 0 Å². The second kappa shape index (κ2) is 4.34. The van der Waals surface area contributed by atoms with Gasteiger partial charge >= 0.3 is 5.97 Å². The normalized spacial score (nSPS) is 17.9. The summed E-state index contributed by atoms with van der Waals surface area (Å²) in [5.41, 5.74) is 0.938. The van der Waals surface area contributed by atoms with Crippen molar-refractivity contribution in [2.24, 2.45) is 0 Å². The average molecular weight is 232 g/mol. The van der Waals surface area contributed by atoms with E-state index in [1.165, 1.54) is 6.07 Å². The van der Waals surface area contributed by atoms with Crippen molar-refractivity contribution in [2.75, 3.05) is 18.6 Å². The first-order valence-corrected chi connectivity index (χ1v) is 5.23. The number of aromatic carboxylic acids is 1. The highest BCUT2D eigenvalue weighted by molar-refractivity contribution is 5.89. The summed E-state index contributed by atoms with van der Waals surface area (Å²) in [7, 11) is 1.84. The first-order valence-electron chi connectivity index (χ1n) is 5.23. The molecular weight excluding hydrogens is 220 g/mol. The van der Waals surface area contributed by atoms with Gasteiger partial charge in [0.15, 0.2) is 0 Å². The molecule has 5 heteroatoms. The highest BCUT2D eigenvalue weighted by Crippen LogP contribution is 2.34. The summed E-state index contributed by atoms with van der Waals surface area (Å²) in [5.74, 6) is -0.310. The van der Waals surface area contributed by atoms with Gasteiger partial charge in [0.1, 0.15) is 12.4 Å². The van der Waals surface area contributed by atoms with Gasteiger partial charge in [0.2, 0.25) is 0 Å². The molecule has 0 saturated carbocycles. The molecule has 1 atom stereocenters. The molecule has 0 bridgehead atoms. The van der Waals surface area contributed by atoms with Gasteiger partial charge in [-0.3, -0.25) is 0 Å². The number of nitrogens with zero attached hydrogens (tertiary/aromatic N) is 2. The molecule has 0 saturated heterocycles. The van der Waals surface area contributed by atoms with E-state index in [4.69, 9.17) is 15.1 Å². The van der Waals surface area contributed by atoms with Crippen molar-refractivity contribution in [3.05, 3.63) is 23.8 Å². The van der Waals surface area contributed by atoms with E-state index in [0.717, 1.165) is 5.69 Å². The number of carboxylic acid groups (broad SMARTS) is 1. The van der Waals surface area contributed by atoms with Crippen molar-refractivity contribution < 1.29 is 14.6 Å². The van der Waals surface area contributed by atoms with Crippen LogP contribution < -0.4 is 9.64 Å². The Bertz CT molecular complexity index is 493. The molecule has 88 valence electrons. The van der Waals surface area contributed by atoms with Crippen LogP contribution in [0.1, 0.15) is 16.8 Å². The maximum Gasteiger partial charge on any atom is 0.335 e. The van der Waals surface area contributed by atoms with Crippen LogP contribution in [0.5, 0.6) is 5.75 Å². The standard InChI is InChI=1S/C12H12N2O3/c1-14-9(4-5-13)7-17-11-3-2-8(12(15)16)6-10(11)14/h2-3,6,9H,4,7H2,1H3,(H,15,16). The summed E-state index contributed by atoms with van der Waals surface area (Å²) < 4.78 is 5.51. The first-order chi connectivity index (χ1) is 8.13. The number of rotatable bonds is 2. The third kappa shape index (κ3) is 2.02. The molecule has 1 aliphatic heterocycles. The molecular formula is C12H12N2O3. The van der Waals surface area contributed by atoms with E-state index in [-0.39, 0.29) is 11.6 Å². The van der Waals surface area contributed by atoms with Crippen molar-refractivity contribution in [3.8, 4) is 11.8 Å². The fourth-order valence-corrected chi connectivity index (χ4v) is 1.84. The number of fused-ring (bicyclic) bond motifs is 1. The van der Waals surface area contributed by atoms with Crippen LogP contribution in [-0.2, 0) is 0 Å². The number of benzene rings is 1. The van der Waals surface area contributed by atoms with Crippen LogP contribution in [0.3, 0.4) is 0 Å². The number of hydrogen-bond acceptors (Lipinski definition) is 4. The Balaban J connectivity index is 2.36. The minimum absolute atomic E-state index is 0.0310. The van der Waals surface area contributed by atoms with E-state index in [2.05, 4.69) is 6.07 Å². The number of nitriles is 1. The highest BCUT2D eigenvalue weighted by Gasteiger charge is 2.25. The number of anilines is 1. The lowest BCUT2D eigenvalue weighted by Crippen LogP contribution is -2.40. The van der Waals surface area contributed by atoms with Crippen LogP contribution in [-0.4, -0.2) is 30.8 Å². The van der Waals surface area contributed by atoms with Crippen LogP contribution >= 0.6 is 0 Å². The number of hydrogen-bond donors (Lipinski definition) is 1. The minimum Gasteiger partial charge on any atom is -0.489 e. The molecule has 1 aliphatic rings. The van der Waals surface area contributed by atoms with E-state index in [0.29, 0.717) is 18.8 Å². The molecule has 1 heterocycles. The fourth-order valence-electron chi connectivity index (χ4n) is 1.84. The van der Waals surface area contributed by atoms with Gasteiger partial charge in [-0.25, -0.2) is 4.79 Å². The molecule has 1 aromatic rings. The summed E-state index contributed by atoms with van der Waals surface area (Å²) in [5, 5.41) is 17.6. The number of carboxylic acids is 1.